The highest BCUT2D eigenvalue weighted by atomic mass is 32.1. The molecule has 1 fully saturated rings. The molecule has 6 heteroatoms. The van der Waals surface area contributed by atoms with Crippen molar-refractivity contribution in [2.45, 2.75) is 13.3 Å². The number of rotatable bonds is 3. The van der Waals surface area contributed by atoms with E-state index < -0.39 is 0 Å². The molecule has 1 aliphatic heterocycles. The van der Waals surface area contributed by atoms with Crippen LogP contribution in [0.15, 0.2) is 27.9 Å². The number of thiophene rings is 1. The molecule has 0 bridgehead atoms. The Labute approximate surface area is 114 Å². The van der Waals surface area contributed by atoms with E-state index in [9.17, 15) is 4.79 Å². The molecule has 0 aliphatic carbocycles. The highest BCUT2D eigenvalue weighted by molar-refractivity contribution is 7.08. The van der Waals surface area contributed by atoms with Gasteiger partial charge in [0.05, 0.1) is 18.2 Å². The lowest BCUT2D eigenvalue weighted by molar-refractivity contribution is -0.139. The molecule has 0 radical (unpaired) electrons. The van der Waals surface area contributed by atoms with Gasteiger partial charge in [0.2, 0.25) is 0 Å². The van der Waals surface area contributed by atoms with Crippen LogP contribution in [-0.4, -0.2) is 28.5 Å². The van der Waals surface area contributed by atoms with E-state index in [2.05, 4.69) is 15.2 Å². The van der Waals surface area contributed by atoms with Crippen LogP contribution in [0.3, 0.4) is 0 Å². The number of aromatic amines is 1. The SMILES string of the molecule is CC(=Nc1cc(-c2ccsc2)[nH]n1)C1CCOC1=O. The molecule has 3 heterocycles. The number of H-pyrrole nitrogens is 1. The van der Waals surface area contributed by atoms with Gasteiger partial charge in [-0.25, -0.2) is 4.99 Å². The zero-order valence-corrected chi connectivity index (χ0v) is 11.2. The van der Waals surface area contributed by atoms with Gasteiger partial charge in [0, 0.05) is 29.1 Å². The number of aliphatic imine (C=N–C) groups is 1. The number of aromatic nitrogens is 2. The summed E-state index contributed by atoms with van der Waals surface area (Å²) in [6.07, 6.45) is 0.704. The number of nitrogens with zero attached hydrogens (tertiary/aromatic N) is 2. The summed E-state index contributed by atoms with van der Waals surface area (Å²) in [6.45, 7) is 2.33. The lowest BCUT2D eigenvalue weighted by Gasteiger charge is -2.02. The average Bonchev–Trinajstić information content (AvgIpc) is 3.07. The predicted octanol–water partition coefficient (Wildman–Crippen LogP) is 2.79. The molecule has 0 spiro atoms. The largest absolute Gasteiger partial charge is 0.465 e. The molecular weight excluding hydrogens is 262 g/mol. The van der Waals surface area contributed by atoms with Crippen LogP contribution in [0, 0.1) is 5.92 Å². The highest BCUT2D eigenvalue weighted by Gasteiger charge is 2.29. The maximum atomic E-state index is 11.5. The molecule has 2 aromatic rings. The molecule has 1 aliphatic rings. The maximum absolute atomic E-state index is 11.5. The van der Waals surface area contributed by atoms with E-state index in [4.69, 9.17) is 4.74 Å². The number of carbonyl (C=O) groups excluding carboxylic acids is 1. The van der Waals surface area contributed by atoms with Gasteiger partial charge in [0.1, 0.15) is 0 Å². The van der Waals surface area contributed by atoms with E-state index >= 15 is 0 Å². The van der Waals surface area contributed by atoms with Crippen molar-refractivity contribution in [3.8, 4) is 11.3 Å². The van der Waals surface area contributed by atoms with Crippen LogP contribution in [0.2, 0.25) is 0 Å². The van der Waals surface area contributed by atoms with Crippen LogP contribution in [0.5, 0.6) is 0 Å². The first-order valence-electron chi connectivity index (χ1n) is 6.04. The summed E-state index contributed by atoms with van der Waals surface area (Å²) in [6, 6.07) is 3.90. The third-order valence-corrected chi connectivity index (χ3v) is 3.81. The van der Waals surface area contributed by atoms with Crippen molar-refractivity contribution in [3.05, 3.63) is 22.9 Å². The number of hydrogen-bond donors (Lipinski definition) is 1. The minimum Gasteiger partial charge on any atom is -0.465 e. The predicted molar refractivity (Wildman–Crippen MR) is 73.7 cm³/mol. The fraction of sp³-hybridized carbons (Fsp3) is 0.308. The zero-order chi connectivity index (χ0) is 13.2. The highest BCUT2D eigenvalue weighted by Crippen LogP contribution is 2.24. The Bertz CT molecular complexity index is 616. The molecule has 1 unspecified atom stereocenters. The quantitative estimate of drug-likeness (QED) is 0.692. The molecule has 2 aromatic heterocycles. The summed E-state index contributed by atoms with van der Waals surface area (Å²) >= 11 is 1.63. The molecule has 0 saturated carbocycles. The lowest BCUT2D eigenvalue weighted by Crippen LogP contribution is -2.16. The standard InChI is InChI=1S/C13H13N3O2S/c1-8(10-2-4-18-13(10)17)14-12-6-11(15-16-12)9-3-5-19-7-9/h3,5-7,10H,2,4H2,1H3,(H,15,16). The Morgan fingerprint density at radius 3 is 3.21 bits per heavy atom. The maximum Gasteiger partial charge on any atom is 0.314 e. The number of nitrogens with one attached hydrogen (secondary N) is 1. The minimum absolute atomic E-state index is 0.185. The second kappa shape index (κ2) is 4.97. The van der Waals surface area contributed by atoms with Crippen LogP contribution in [0.1, 0.15) is 13.3 Å². The van der Waals surface area contributed by atoms with Crippen molar-refractivity contribution in [1.29, 1.82) is 0 Å². The van der Waals surface area contributed by atoms with Gasteiger partial charge in [0.15, 0.2) is 5.82 Å². The number of carbonyl (C=O) groups is 1. The lowest BCUT2D eigenvalue weighted by atomic mass is 10.0. The van der Waals surface area contributed by atoms with E-state index in [1.54, 1.807) is 11.3 Å². The minimum atomic E-state index is -0.221. The van der Waals surface area contributed by atoms with Gasteiger partial charge in [-0.3, -0.25) is 9.89 Å². The molecule has 1 atom stereocenters. The monoisotopic (exact) mass is 275 g/mol. The van der Waals surface area contributed by atoms with Crippen LogP contribution < -0.4 is 0 Å². The molecule has 3 rings (SSSR count). The first kappa shape index (κ1) is 12.1. The topological polar surface area (TPSA) is 67.3 Å². The third kappa shape index (κ3) is 2.44. The molecule has 5 nitrogen and oxygen atoms in total. The summed E-state index contributed by atoms with van der Waals surface area (Å²) < 4.78 is 4.94. The van der Waals surface area contributed by atoms with Crippen molar-refractivity contribution < 1.29 is 9.53 Å². The van der Waals surface area contributed by atoms with Crippen LogP contribution in [0.25, 0.3) is 11.3 Å². The molecule has 0 amide bonds. The number of hydrogen-bond acceptors (Lipinski definition) is 5. The zero-order valence-electron chi connectivity index (χ0n) is 10.4. The van der Waals surface area contributed by atoms with E-state index in [-0.39, 0.29) is 11.9 Å². The van der Waals surface area contributed by atoms with Crippen molar-refractivity contribution in [1.82, 2.24) is 10.2 Å². The Balaban J connectivity index is 1.81. The van der Waals surface area contributed by atoms with Crippen molar-refractivity contribution in [3.63, 3.8) is 0 Å². The second-order valence-corrected chi connectivity index (χ2v) is 5.19. The fourth-order valence-corrected chi connectivity index (χ4v) is 2.72. The first-order chi connectivity index (χ1) is 9.24. The normalized spacial score (nSPS) is 19.7. The first-order valence-corrected chi connectivity index (χ1v) is 6.98. The Kier molecular flexibility index (Phi) is 3.16. The summed E-state index contributed by atoms with van der Waals surface area (Å²) in [7, 11) is 0. The number of esters is 1. The Morgan fingerprint density at radius 1 is 1.63 bits per heavy atom. The average molecular weight is 275 g/mol. The summed E-state index contributed by atoms with van der Waals surface area (Å²) in [4.78, 5) is 15.9. The van der Waals surface area contributed by atoms with Crippen LogP contribution in [0.4, 0.5) is 5.82 Å². The smallest absolute Gasteiger partial charge is 0.314 e. The molecule has 1 saturated heterocycles. The van der Waals surface area contributed by atoms with Crippen molar-refractivity contribution >= 4 is 28.8 Å². The van der Waals surface area contributed by atoms with Gasteiger partial charge in [0.25, 0.3) is 0 Å². The summed E-state index contributed by atoms with van der Waals surface area (Å²) in [5.41, 5.74) is 2.78. The molecule has 98 valence electrons. The van der Waals surface area contributed by atoms with Gasteiger partial charge in [-0.1, -0.05) is 0 Å². The third-order valence-electron chi connectivity index (χ3n) is 3.13. The van der Waals surface area contributed by atoms with Crippen LogP contribution >= 0.6 is 11.3 Å². The van der Waals surface area contributed by atoms with E-state index in [1.807, 2.05) is 29.8 Å². The number of cyclic esters (lactones) is 1. The van der Waals surface area contributed by atoms with Gasteiger partial charge in [-0.15, -0.1) is 0 Å². The Hall–Kier alpha value is -1.95. The van der Waals surface area contributed by atoms with E-state index in [1.165, 1.54) is 0 Å². The summed E-state index contributed by atoms with van der Waals surface area (Å²) in [5, 5.41) is 11.2. The molecule has 1 N–H and O–H groups in total. The van der Waals surface area contributed by atoms with Crippen molar-refractivity contribution in [2.75, 3.05) is 6.61 Å². The van der Waals surface area contributed by atoms with Gasteiger partial charge < -0.3 is 4.74 Å². The van der Waals surface area contributed by atoms with Crippen molar-refractivity contribution in [2.24, 2.45) is 10.9 Å². The molecular formula is C13H13N3O2S. The Morgan fingerprint density at radius 2 is 2.53 bits per heavy atom. The van der Waals surface area contributed by atoms with Crippen LogP contribution in [-0.2, 0) is 9.53 Å². The van der Waals surface area contributed by atoms with Gasteiger partial charge in [-0.05, 0) is 18.4 Å². The van der Waals surface area contributed by atoms with Gasteiger partial charge in [-0.2, -0.15) is 16.4 Å². The van der Waals surface area contributed by atoms with Gasteiger partial charge >= 0.3 is 5.97 Å². The fourth-order valence-electron chi connectivity index (χ4n) is 2.07. The second-order valence-electron chi connectivity index (χ2n) is 4.41. The molecule has 0 aromatic carbocycles. The van der Waals surface area contributed by atoms with E-state index in [0.29, 0.717) is 18.8 Å². The number of ether oxygens (including phenoxy) is 1. The van der Waals surface area contributed by atoms with E-state index in [0.717, 1.165) is 17.0 Å². The summed E-state index contributed by atoms with van der Waals surface area (Å²) in [5.74, 6) is 0.189. The molecule has 19 heavy (non-hydrogen) atoms.